The van der Waals surface area contributed by atoms with Gasteiger partial charge in [-0.25, -0.2) is 0 Å². The number of hydrogen-bond acceptors (Lipinski definition) is 5. The Kier molecular flexibility index (Phi) is 4.85. The normalized spacial score (nSPS) is 27.4. The van der Waals surface area contributed by atoms with Gasteiger partial charge in [0.05, 0.1) is 11.7 Å². The summed E-state index contributed by atoms with van der Waals surface area (Å²) in [5.41, 5.74) is 8.49. The minimum Gasteiger partial charge on any atom is -0.484 e. The third-order valence-corrected chi connectivity index (χ3v) is 6.43. The summed E-state index contributed by atoms with van der Waals surface area (Å²) in [6, 6.07) is 11.8. The summed E-state index contributed by atoms with van der Waals surface area (Å²) in [5, 5.41) is 17.1. The standard InChI is InChI=1S/C22H29N5O/c1-22(12-5-13-26(22)2)21(25)27-14-15(8-11-20(27)24)28-19-10-9-18(23)16-6-3-4-7-17(16)19/h3-4,6-8,11,14,18-19,24-25H,5,9-10,12-13,23H2,1-2H3/t18-,19+,22-/m0/s1. The fourth-order valence-corrected chi connectivity index (χ4v) is 4.46. The monoisotopic (exact) mass is 379 g/mol. The number of nitrogens with two attached hydrogens (primary N) is 1. The molecule has 2 aromatic rings. The molecule has 1 aromatic heterocycles. The van der Waals surface area contributed by atoms with Gasteiger partial charge in [-0.05, 0) is 69.5 Å². The highest BCUT2D eigenvalue weighted by Crippen LogP contribution is 2.37. The largest absolute Gasteiger partial charge is 0.484 e. The van der Waals surface area contributed by atoms with Crippen molar-refractivity contribution < 1.29 is 4.74 Å². The van der Waals surface area contributed by atoms with Crippen LogP contribution < -0.4 is 16.0 Å². The van der Waals surface area contributed by atoms with Crippen LogP contribution in [0.1, 0.15) is 55.9 Å². The van der Waals surface area contributed by atoms with Gasteiger partial charge in [0, 0.05) is 6.04 Å². The molecule has 2 aliphatic rings. The van der Waals surface area contributed by atoms with Crippen molar-refractivity contribution in [3.8, 4) is 5.75 Å². The van der Waals surface area contributed by atoms with Crippen LogP contribution in [0.15, 0.2) is 42.6 Å². The van der Waals surface area contributed by atoms with E-state index in [1.807, 2.05) is 25.2 Å². The lowest BCUT2D eigenvalue weighted by atomic mass is 9.86. The molecule has 28 heavy (non-hydrogen) atoms. The van der Waals surface area contributed by atoms with Gasteiger partial charge in [0.15, 0.2) is 0 Å². The molecule has 1 aromatic carbocycles. The number of likely N-dealkylation sites (tertiary alicyclic amines) is 1. The maximum Gasteiger partial charge on any atom is 0.137 e. The Bertz CT molecular complexity index is 952. The second-order valence-electron chi connectivity index (χ2n) is 8.19. The van der Waals surface area contributed by atoms with Crippen LogP contribution in [0.4, 0.5) is 0 Å². The summed E-state index contributed by atoms with van der Waals surface area (Å²) in [6.07, 6.45) is 5.47. The van der Waals surface area contributed by atoms with E-state index < -0.39 is 0 Å². The van der Waals surface area contributed by atoms with Crippen molar-refractivity contribution in [3.05, 3.63) is 59.2 Å². The van der Waals surface area contributed by atoms with Crippen LogP contribution in [0.25, 0.3) is 0 Å². The number of nitrogens with one attached hydrogen (secondary N) is 2. The van der Waals surface area contributed by atoms with Crippen LogP contribution in [0.5, 0.6) is 5.75 Å². The van der Waals surface area contributed by atoms with Crippen molar-refractivity contribution in [3.63, 3.8) is 0 Å². The fraction of sp³-hybridized carbons (Fsp3) is 0.455. The molecule has 6 nitrogen and oxygen atoms in total. The number of benzene rings is 1. The third-order valence-electron chi connectivity index (χ3n) is 6.43. The Balaban J connectivity index is 1.63. The smallest absolute Gasteiger partial charge is 0.137 e. The number of ether oxygens (including phenoxy) is 1. The van der Waals surface area contributed by atoms with Gasteiger partial charge in [0.1, 0.15) is 23.2 Å². The second kappa shape index (κ2) is 7.18. The van der Waals surface area contributed by atoms with Gasteiger partial charge in [-0.3, -0.25) is 20.3 Å². The van der Waals surface area contributed by atoms with E-state index in [0.717, 1.165) is 43.4 Å². The lowest BCUT2D eigenvalue weighted by Crippen LogP contribution is -2.50. The number of rotatable bonds is 3. The highest BCUT2D eigenvalue weighted by molar-refractivity contribution is 5.90. The van der Waals surface area contributed by atoms with Gasteiger partial charge in [-0.1, -0.05) is 24.3 Å². The second-order valence-corrected chi connectivity index (χ2v) is 8.19. The predicted octanol–water partition coefficient (Wildman–Crippen LogP) is 3.19. The molecule has 1 fully saturated rings. The Morgan fingerprint density at radius 1 is 1.18 bits per heavy atom. The molecular weight excluding hydrogens is 350 g/mol. The Labute approximate surface area is 166 Å². The van der Waals surface area contributed by atoms with Crippen molar-refractivity contribution in [1.82, 2.24) is 9.47 Å². The number of likely N-dealkylation sites (N-methyl/N-ethyl adjacent to an activating group) is 1. The summed E-state index contributed by atoms with van der Waals surface area (Å²) in [7, 11) is 2.05. The number of aromatic nitrogens is 1. The first-order valence-corrected chi connectivity index (χ1v) is 9.99. The van der Waals surface area contributed by atoms with Crippen LogP contribution in [-0.4, -0.2) is 34.4 Å². The van der Waals surface area contributed by atoms with E-state index >= 15 is 0 Å². The molecule has 1 saturated heterocycles. The van der Waals surface area contributed by atoms with Crippen molar-refractivity contribution in [2.45, 2.75) is 50.3 Å². The lowest BCUT2D eigenvalue weighted by molar-refractivity contribution is 0.176. The molecule has 0 bridgehead atoms. The van der Waals surface area contributed by atoms with Gasteiger partial charge in [-0.2, -0.15) is 0 Å². The Morgan fingerprint density at radius 2 is 1.93 bits per heavy atom. The summed E-state index contributed by atoms with van der Waals surface area (Å²) < 4.78 is 7.98. The number of hydrogen-bond donors (Lipinski definition) is 3. The van der Waals surface area contributed by atoms with Gasteiger partial charge < -0.3 is 10.5 Å². The Morgan fingerprint density at radius 3 is 2.64 bits per heavy atom. The van der Waals surface area contributed by atoms with E-state index in [1.165, 1.54) is 0 Å². The molecule has 0 radical (unpaired) electrons. The zero-order chi connectivity index (χ0) is 19.9. The molecule has 4 N–H and O–H groups in total. The van der Waals surface area contributed by atoms with Crippen LogP contribution in [0, 0.1) is 10.8 Å². The first-order chi connectivity index (χ1) is 13.4. The first kappa shape index (κ1) is 18.9. The summed E-state index contributed by atoms with van der Waals surface area (Å²) in [4.78, 5) is 2.20. The highest BCUT2D eigenvalue weighted by Gasteiger charge is 2.39. The van der Waals surface area contributed by atoms with E-state index in [1.54, 1.807) is 16.8 Å². The van der Waals surface area contributed by atoms with E-state index in [-0.39, 0.29) is 17.7 Å². The summed E-state index contributed by atoms with van der Waals surface area (Å²) in [5.74, 6) is 1.11. The van der Waals surface area contributed by atoms with Crippen LogP contribution in [-0.2, 0) is 0 Å². The molecule has 3 atom stereocenters. The molecule has 1 aliphatic carbocycles. The predicted molar refractivity (Wildman–Crippen MR) is 110 cm³/mol. The minimum atomic E-state index is -0.358. The van der Waals surface area contributed by atoms with E-state index in [0.29, 0.717) is 17.1 Å². The average Bonchev–Trinajstić information content (AvgIpc) is 3.05. The van der Waals surface area contributed by atoms with Crippen LogP contribution in [0.2, 0.25) is 0 Å². The van der Waals surface area contributed by atoms with E-state index in [9.17, 15) is 0 Å². The minimum absolute atomic E-state index is 0.0556. The zero-order valence-electron chi connectivity index (χ0n) is 16.6. The van der Waals surface area contributed by atoms with Crippen molar-refractivity contribution in [2.75, 3.05) is 13.6 Å². The average molecular weight is 380 g/mol. The lowest BCUT2D eigenvalue weighted by Gasteiger charge is -2.34. The summed E-state index contributed by atoms with van der Waals surface area (Å²) >= 11 is 0. The highest BCUT2D eigenvalue weighted by atomic mass is 16.5. The summed E-state index contributed by atoms with van der Waals surface area (Å²) in [6.45, 7) is 3.06. The molecule has 2 heterocycles. The van der Waals surface area contributed by atoms with Gasteiger partial charge in [-0.15, -0.1) is 0 Å². The maximum atomic E-state index is 8.78. The van der Waals surface area contributed by atoms with Crippen molar-refractivity contribution in [2.24, 2.45) is 5.73 Å². The van der Waals surface area contributed by atoms with E-state index in [2.05, 4.69) is 24.0 Å². The molecule has 6 heteroatoms. The number of pyridine rings is 1. The number of nitrogens with zero attached hydrogens (tertiary/aromatic N) is 2. The Hall–Kier alpha value is -2.44. The molecule has 0 unspecified atom stereocenters. The van der Waals surface area contributed by atoms with Gasteiger partial charge in [0.25, 0.3) is 0 Å². The zero-order valence-corrected chi connectivity index (χ0v) is 16.6. The molecule has 148 valence electrons. The van der Waals surface area contributed by atoms with Crippen LogP contribution >= 0.6 is 0 Å². The molecular formula is C22H29N5O. The third kappa shape index (κ3) is 3.16. The first-order valence-electron chi connectivity index (χ1n) is 9.99. The molecule has 1 aliphatic heterocycles. The van der Waals surface area contributed by atoms with Crippen LogP contribution in [0.3, 0.4) is 0 Å². The quantitative estimate of drug-likeness (QED) is 0.565. The number of fused-ring (bicyclic) bond motifs is 1. The topological polar surface area (TPSA) is 91.1 Å². The maximum absolute atomic E-state index is 8.78. The molecule has 0 amide bonds. The van der Waals surface area contributed by atoms with Gasteiger partial charge in [0.2, 0.25) is 0 Å². The molecule has 4 rings (SSSR count). The van der Waals surface area contributed by atoms with Gasteiger partial charge >= 0.3 is 0 Å². The molecule has 0 saturated carbocycles. The fourth-order valence-electron chi connectivity index (χ4n) is 4.46. The van der Waals surface area contributed by atoms with Crippen molar-refractivity contribution >= 4 is 5.84 Å². The van der Waals surface area contributed by atoms with E-state index in [4.69, 9.17) is 21.3 Å². The molecule has 0 spiro atoms. The SMILES string of the molecule is CN1CCC[C@@]1(C)C(=N)n1cc(O[C@@H]2CC[C@H](N)c3ccccc32)ccc1=N. The van der Waals surface area contributed by atoms with Crippen molar-refractivity contribution in [1.29, 1.82) is 10.8 Å².